The van der Waals surface area contributed by atoms with E-state index in [0.717, 1.165) is 0 Å². The highest BCUT2D eigenvalue weighted by molar-refractivity contribution is 5.97. The van der Waals surface area contributed by atoms with E-state index in [9.17, 15) is 24.5 Å². The average Bonchev–Trinajstić information content (AvgIpc) is 2.73. The van der Waals surface area contributed by atoms with Gasteiger partial charge in [0.25, 0.3) is 17.5 Å². The summed E-state index contributed by atoms with van der Waals surface area (Å²) in [5, 5.41) is 15.6. The maximum Gasteiger partial charge on any atom is 0.326 e. The molecule has 0 saturated heterocycles. The predicted octanol–water partition coefficient (Wildman–Crippen LogP) is 2.29. The zero-order chi connectivity index (χ0) is 22.1. The number of carbonyl (C=O) groups excluding carboxylic acids is 3. The van der Waals surface area contributed by atoms with E-state index in [-0.39, 0.29) is 11.4 Å². The first-order chi connectivity index (χ1) is 14.3. The average molecular weight is 415 g/mol. The number of nitro benzene ring substituents is 1. The Morgan fingerprint density at radius 3 is 2.47 bits per heavy atom. The fraction of sp³-hybridized carbons (Fsp3) is 0.250. The van der Waals surface area contributed by atoms with E-state index in [1.807, 2.05) is 6.92 Å². The number of hydrogen-bond acceptors (Lipinski definition) is 7. The molecule has 158 valence electrons. The Kier molecular flexibility index (Phi) is 7.86. The molecule has 10 heteroatoms. The molecule has 0 bridgehead atoms. The number of hydrogen-bond donors (Lipinski definition) is 2. The van der Waals surface area contributed by atoms with Crippen LogP contribution in [0.15, 0.2) is 48.5 Å². The molecule has 30 heavy (non-hydrogen) atoms. The lowest BCUT2D eigenvalue weighted by molar-refractivity contribution is -0.384. The Balaban J connectivity index is 1.82. The number of non-ortho nitro benzene ring substituents is 1. The van der Waals surface area contributed by atoms with Crippen molar-refractivity contribution in [2.75, 3.05) is 18.5 Å². The topological polar surface area (TPSA) is 137 Å². The molecule has 0 aromatic heterocycles. The van der Waals surface area contributed by atoms with Crippen molar-refractivity contribution in [3.8, 4) is 5.75 Å². The highest BCUT2D eigenvalue weighted by atomic mass is 16.6. The van der Waals surface area contributed by atoms with Gasteiger partial charge in [-0.1, -0.05) is 6.07 Å². The van der Waals surface area contributed by atoms with Crippen LogP contribution in [0.3, 0.4) is 0 Å². The molecule has 2 aromatic rings. The first-order valence-corrected chi connectivity index (χ1v) is 9.06. The van der Waals surface area contributed by atoms with Crippen molar-refractivity contribution in [3.05, 3.63) is 64.2 Å². The molecule has 0 aliphatic carbocycles. The minimum Gasteiger partial charge on any atom is -0.494 e. The van der Waals surface area contributed by atoms with Gasteiger partial charge < -0.3 is 20.1 Å². The van der Waals surface area contributed by atoms with E-state index in [1.165, 1.54) is 31.2 Å². The van der Waals surface area contributed by atoms with E-state index in [0.29, 0.717) is 17.9 Å². The van der Waals surface area contributed by atoms with E-state index in [4.69, 9.17) is 9.47 Å². The second kappa shape index (κ2) is 10.6. The fourth-order valence-corrected chi connectivity index (χ4v) is 2.36. The van der Waals surface area contributed by atoms with Crippen LogP contribution in [0.4, 0.5) is 11.4 Å². The highest BCUT2D eigenvalue weighted by Crippen LogP contribution is 2.17. The number of anilines is 1. The van der Waals surface area contributed by atoms with Crippen LogP contribution in [0.25, 0.3) is 0 Å². The monoisotopic (exact) mass is 415 g/mol. The van der Waals surface area contributed by atoms with Crippen LogP contribution in [0.1, 0.15) is 24.2 Å². The lowest BCUT2D eigenvalue weighted by Crippen LogP contribution is -2.35. The van der Waals surface area contributed by atoms with Crippen LogP contribution in [0, 0.1) is 10.1 Å². The van der Waals surface area contributed by atoms with Crippen molar-refractivity contribution >= 4 is 29.2 Å². The number of amides is 2. The molecule has 2 rings (SSSR count). The van der Waals surface area contributed by atoms with Gasteiger partial charge in [0.2, 0.25) is 0 Å². The molecule has 0 fully saturated rings. The molecule has 10 nitrogen and oxygen atoms in total. The number of esters is 1. The molecule has 1 atom stereocenters. The summed E-state index contributed by atoms with van der Waals surface area (Å²) in [5.74, 6) is -1.33. The number of ether oxygens (including phenoxy) is 2. The molecule has 1 unspecified atom stereocenters. The summed E-state index contributed by atoms with van der Waals surface area (Å²) >= 11 is 0. The summed E-state index contributed by atoms with van der Waals surface area (Å²) in [6.07, 6.45) is -1.17. The summed E-state index contributed by atoms with van der Waals surface area (Å²) in [5.41, 5.74) is 0.345. The van der Waals surface area contributed by atoms with Gasteiger partial charge in [-0.05, 0) is 44.2 Å². The molecular formula is C20H21N3O7. The fourth-order valence-electron chi connectivity index (χ4n) is 2.36. The van der Waals surface area contributed by atoms with Gasteiger partial charge in [-0.2, -0.15) is 0 Å². The minimum atomic E-state index is -1.17. The first kappa shape index (κ1) is 22.3. The maximum atomic E-state index is 12.1. The van der Waals surface area contributed by atoms with E-state index >= 15 is 0 Å². The van der Waals surface area contributed by atoms with Gasteiger partial charge in [0.05, 0.1) is 11.5 Å². The zero-order valence-corrected chi connectivity index (χ0v) is 16.4. The summed E-state index contributed by atoms with van der Waals surface area (Å²) in [4.78, 5) is 46.3. The molecule has 0 heterocycles. The molecule has 0 radical (unpaired) electrons. The SMILES string of the molecule is CCOc1ccc(C(=O)NCC(=O)OC(C)C(=O)Nc2cccc([N+](=O)[O-])c2)cc1. The lowest BCUT2D eigenvalue weighted by atomic mass is 10.2. The molecule has 2 aromatic carbocycles. The summed E-state index contributed by atoms with van der Waals surface area (Å²) < 4.78 is 10.3. The number of nitrogens with zero attached hydrogens (tertiary/aromatic N) is 1. The number of nitrogens with one attached hydrogen (secondary N) is 2. The number of benzene rings is 2. The van der Waals surface area contributed by atoms with Crippen LogP contribution < -0.4 is 15.4 Å². The Morgan fingerprint density at radius 2 is 1.83 bits per heavy atom. The third kappa shape index (κ3) is 6.59. The molecule has 0 spiro atoms. The van der Waals surface area contributed by atoms with Crippen LogP contribution >= 0.6 is 0 Å². The van der Waals surface area contributed by atoms with Crippen molar-refractivity contribution in [1.82, 2.24) is 5.32 Å². The molecule has 2 N–H and O–H groups in total. The van der Waals surface area contributed by atoms with Crippen molar-refractivity contribution in [3.63, 3.8) is 0 Å². The van der Waals surface area contributed by atoms with E-state index in [1.54, 1.807) is 24.3 Å². The van der Waals surface area contributed by atoms with Crippen molar-refractivity contribution in [2.45, 2.75) is 20.0 Å². The number of rotatable bonds is 9. The van der Waals surface area contributed by atoms with E-state index < -0.39 is 35.4 Å². The Morgan fingerprint density at radius 1 is 1.13 bits per heavy atom. The Bertz CT molecular complexity index is 928. The summed E-state index contributed by atoms with van der Waals surface area (Å²) in [7, 11) is 0. The minimum absolute atomic E-state index is 0.186. The van der Waals surface area contributed by atoms with Gasteiger partial charge in [-0.25, -0.2) is 0 Å². The largest absolute Gasteiger partial charge is 0.494 e. The second-order valence-electron chi connectivity index (χ2n) is 6.07. The van der Waals surface area contributed by atoms with E-state index in [2.05, 4.69) is 10.6 Å². The van der Waals surface area contributed by atoms with Crippen LogP contribution in [0.2, 0.25) is 0 Å². The first-order valence-electron chi connectivity index (χ1n) is 9.06. The van der Waals surface area contributed by atoms with Gasteiger partial charge in [0.15, 0.2) is 6.10 Å². The lowest BCUT2D eigenvalue weighted by Gasteiger charge is -2.14. The Labute approximate surface area is 172 Å². The van der Waals surface area contributed by atoms with Crippen molar-refractivity contribution in [2.24, 2.45) is 0 Å². The second-order valence-corrected chi connectivity index (χ2v) is 6.07. The van der Waals surface area contributed by atoms with Gasteiger partial charge in [0.1, 0.15) is 12.3 Å². The molecule has 0 aliphatic heterocycles. The van der Waals surface area contributed by atoms with Crippen LogP contribution in [-0.4, -0.2) is 42.0 Å². The van der Waals surface area contributed by atoms with Crippen molar-refractivity contribution in [1.29, 1.82) is 0 Å². The number of carbonyl (C=O) groups is 3. The predicted molar refractivity (Wildman–Crippen MR) is 107 cm³/mol. The Hall–Kier alpha value is -3.95. The van der Waals surface area contributed by atoms with Crippen molar-refractivity contribution < 1.29 is 28.8 Å². The maximum absolute atomic E-state index is 12.1. The van der Waals surface area contributed by atoms with Gasteiger partial charge in [-0.15, -0.1) is 0 Å². The normalized spacial score (nSPS) is 11.1. The number of nitro groups is 1. The van der Waals surface area contributed by atoms with Gasteiger partial charge in [-0.3, -0.25) is 24.5 Å². The van der Waals surface area contributed by atoms with Gasteiger partial charge in [0, 0.05) is 23.4 Å². The highest BCUT2D eigenvalue weighted by Gasteiger charge is 2.19. The van der Waals surface area contributed by atoms with Crippen LogP contribution in [0.5, 0.6) is 5.75 Å². The summed E-state index contributed by atoms with van der Waals surface area (Å²) in [6, 6.07) is 11.7. The zero-order valence-electron chi connectivity index (χ0n) is 16.4. The quantitative estimate of drug-likeness (QED) is 0.364. The smallest absolute Gasteiger partial charge is 0.326 e. The molecule has 2 amide bonds. The summed E-state index contributed by atoms with van der Waals surface area (Å²) in [6.45, 7) is 3.26. The third-order valence-corrected chi connectivity index (χ3v) is 3.82. The third-order valence-electron chi connectivity index (χ3n) is 3.82. The molecular weight excluding hydrogens is 394 g/mol. The molecule has 0 saturated carbocycles. The molecule has 0 aliphatic rings. The standard InChI is InChI=1S/C20H21N3O7/c1-3-29-17-9-7-14(8-10-17)20(26)21-12-18(24)30-13(2)19(25)22-15-5-4-6-16(11-15)23(27)28/h4-11,13H,3,12H2,1-2H3,(H,21,26)(H,22,25). The van der Waals surface area contributed by atoms with Crippen LogP contribution in [-0.2, 0) is 14.3 Å². The van der Waals surface area contributed by atoms with Gasteiger partial charge >= 0.3 is 5.97 Å².